The minimum atomic E-state index is 0.556. The van der Waals surface area contributed by atoms with Crippen LogP contribution in [-0.4, -0.2) is 5.11 Å². The van der Waals surface area contributed by atoms with Crippen molar-refractivity contribution in [3.05, 3.63) is 41.5 Å². The van der Waals surface area contributed by atoms with Gasteiger partial charge in [0.25, 0.3) is 0 Å². The van der Waals surface area contributed by atoms with E-state index in [0.29, 0.717) is 17.6 Å². The molecule has 0 spiro atoms. The van der Waals surface area contributed by atoms with Gasteiger partial charge in [-0.05, 0) is 66.7 Å². The molecule has 0 atom stereocenters. The van der Waals surface area contributed by atoms with E-state index in [9.17, 15) is 5.11 Å². The predicted molar refractivity (Wildman–Crippen MR) is 93.7 cm³/mol. The molecule has 0 radical (unpaired) electrons. The van der Waals surface area contributed by atoms with Crippen LogP contribution in [0.15, 0.2) is 24.8 Å². The van der Waals surface area contributed by atoms with Crippen LogP contribution in [0.3, 0.4) is 0 Å². The van der Waals surface area contributed by atoms with Crippen LogP contribution >= 0.6 is 0 Å². The molecule has 2 aliphatic rings. The first kappa shape index (κ1) is 15.6. The Kier molecular flexibility index (Phi) is 5.23. The summed E-state index contributed by atoms with van der Waals surface area (Å²) in [6.45, 7) is 3.94. The number of rotatable bonds is 4. The second kappa shape index (κ2) is 7.35. The molecular formula is C21H30O. The fraction of sp³-hybridized carbons (Fsp3) is 0.619. The molecule has 1 heteroatoms. The second-order valence-corrected chi connectivity index (χ2v) is 7.27. The van der Waals surface area contributed by atoms with E-state index < -0.39 is 0 Å². The summed E-state index contributed by atoms with van der Waals surface area (Å²) in [5.74, 6) is 1.77. The Hall–Kier alpha value is -1.24. The molecule has 0 aromatic heterocycles. The third kappa shape index (κ3) is 3.39. The summed E-state index contributed by atoms with van der Waals surface area (Å²) in [6, 6.07) is 4.43. The molecular weight excluding hydrogens is 268 g/mol. The first-order valence-corrected chi connectivity index (χ1v) is 9.26. The molecule has 0 unspecified atom stereocenters. The van der Waals surface area contributed by atoms with Crippen molar-refractivity contribution in [2.75, 3.05) is 0 Å². The normalized spacial score (nSPS) is 20.9. The number of benzene rings is 1. The average molecular weight is 298 g/mol. The molecule has 22 heavy (non-hydrogen) atoms. The Morgan fingerprint density at radius 2 is 1.41 bits per heavy atom. The lowest BCUT2D eigenvalue weighted by Gasteiger charge is -2.28. The van der Waals surface area contributed by atoms with Crippen LogP contribution in [0.25, 0.3) is 0 Å². The van der Waals surface area contributed by atoms with Gasteiger partial charge in [-0.2, -0.15) is 0 Å². The maximum absolute atomic E-state index is 10.6. The standard InChI is InChI=1S/C21H30O/c1-2-9-18-14-20(17-12-7-4-8-13-17)21(22)15-19(18)16-10-5-3-6-11-16/h2,14-17,22H,1,3-13H2. The lowest BCUT2D eigenvalue weighted by Crippen LogP contribution is -2.10. The number of hydrogen-bond acceptors (Lipinski definition) is 1. The second-order valence-electron chi connectivity index (χ2n) is 7.27. The zero-order chi connectivity index (χ0) is 15.4. The average Bonchev–Trinajstić information content (AvgIpc) is 2.58. The van der Waals surface area contributed by atoms with Gasteiger partial charge in [-0.25, -0.2) is 0 Å². The van der Waals surface area contributed by atoms with E-state index in [4.69, 9.17) is 0 Å². The SMILES string of the molecule is C=CCc1cc(C2CCCCC2)c(O)cc1C1CCCCC1. The zero-order valence-corrected chi connectivity index (χ0v) is 13.8. The smallest absolute Gasteiger partial charge is 0.119 e. The van der Waals surface area contributed by atoms with Crippen LogP contribution in [0.4, 0.5) is 0 Å². The maximum Gasteiger partial charge on any atom is 0.119 e. The van der Waals surface area contributed by atoms with E-state index in [-0.39, 0.29) is 0 Å². The highest BCUT2D eigenvalue weighted by Crippen LogP contribution is 2.42. The number of aromatic hydroxyl groups is 1. The van der Waals surface area contributed by atoms with Crippen molar-refractivity contribution in [3.8, 4) is 5.75 Å². The Bertz CT molecular complexity index is 505. The third-order valence-corrected chi connectivity index (χ3v) is 5.74. The predicted octanol–water partition coefficient (Wildman–Crippen LogP) is 6.22. The van der Waals surface area contributed by atoms with Crippen LogP contribution in [0.5, 0.6) is 5.75 Å². The molecule has 2 saturated carbocycles. The number of hydrogen-bond donors (Lipinski definition) is 1. The van der Waals surface area contributed by atoms with E-state index in [1.807, 2.05) is 6.08 Å². The van der Waals surface area contributed by atoms with Crippen molar-refractivity contribution in [2.45, 2.75) is 82.5 Å². The molecule has 1 aromatic rings. The van der Waals surface area contributed by atoms with Crippen molar-refractivity contribution in [3.63, 3.8) is 0 Å². The summed E-state index contributed by atoms with van der Waals surface area (Å²) in [5.41, 5.74) is 4.02. The Morgan fingerprint density at radius 1 is 0.864 bits per heavy atom. The molecule has 1 aromatic carbocycles. The molecule has 2 aliphatic carbocycles. The molecule has 1 nitrogen and oxygen atoms in total. The van der Waals surface area contributed by atoms with Crippen molar-refractivity contribution >= 4 is 0 Å². The summed E-state index contributed by atoms with van der Waals surface area (Å²) < 4.78 is 0. The molecule has 2 fully saturated rings. The highest BCUT2D eigenvalue weighted by molar-refractivity contribution is 5.46. The summed E-state index contributed by atoms with van der Waals surface area (Å²) in [6.07, 6.45) is 16.0. The van der Waals surface area contributed by atoms with Gasteiger partial charge in [-0.1, -0.05) is 50.7 Å². The fourth-order valence-corrected chi connectivity index (χ4v) is 4.53. The van der Waals surface area contributed by atoms with Crippen LogP contribution in [0.2, 0.25) is 0 Å². The monoisotopic (exact) mass is 298 g/mol. The van der Waals surface area contributed by atoms with Gasteiger partial charge in [0.15, 0.2) is 0 Å². The van der Waals surface area contributed by atoms with Gasteiger partial charge in [0, 0.05) is 0 Å². The number of phenolic OH excluding ortho intramolecular Hbond substituents is 1. The van der Waals surface area contributed by atoms with Crippen LogP contribution in [0.1, 0.15) is 92.7 Å². The molecule has 0 bridgehead atoms. The van der Waals surface area contributed by atoms with Gasteiger partial charge < -0.3 is 5.11 Å². The minimum absolute atomic E-state index is 0.556. The quantitative estimate of drug-likeness (QED) is 0.654. The van der Waals surface area contributed by atoms with Crippen molar-refractivity contribution < 1.29 is 5.11 Å². The summed E-state index contributed by atoms with van der Waals surface area (Å²) in [7, 11) is 0. The Morgan fingerprint density at radius 3 is 1.95 bits per heavy atom. The van der Waals surface area contributed by atoms with Crippen LogP contribution in [-0.2, 0) is 6.42 Å². The van der Waals surface area contributed by atoms with E-state index in [2.05, 4.69) is 18.7 Å². The summed E-state index contributed by atoms with van der Waals surface area (Å²) in [5, 5.41) is 10.6. The zero-order valence-electron chi connectivity index (χ0n) is 13.8. The van der Waals surface area contributed by atoms with E-state index in [0.717, 1.165) is 6.42 Å². The minimum Gasteiger partial charge on any atom is -0.508 e. The molecule has 0 aliphatic heterocycles. The highest BCUT2D eigenvalue weighted by Gasteiger charge is 2.23. The Balaban J connectivity index is 1.92. The number of phenols is 1. The van der Waals surface area contributed by atoms with Gasteiger partial charge in [0.1, 0.15) is 5.75 Å². The van der Waals surface area contributed by atoms with Crippen LogP contribution < -0.4 is 0 Å². The maximum atomic E-state index is 10.6. The molecule has 3 rings (SSSR count). The molecule has 0 heterocycles. The lowest BCUT2D eigenvalue weighted by atomic mass is 9.78. The molecule has 120 valence electrons. The third-order valence-electron chi connectivity index (χ3n) is 5.74. The molecule has 1 N–H and O–H groups in total. The van der Waals surface area contributed by atoms with E-state index >= 15 is 0 Å². The molecule has 0 saturated heterocycles. The Labute approximate surface area is 135 Å². The first-order chi connectivity index (χ1) is 10.8. The fourth-order valence-electron chi connectivity index (χ4n) is 4.53. The lowest BCUT2D eigenvalue weighted by molar-refractivity contribution is 0.409. The van der Waals surface area contributed by atoms with Gasteiger partial charge in [0.2, 0.25) is 0 Å². The van der Waals surface area contributed by atoms with Gasteiger partial charge >= 0.3 is 0 Å². The van der Waals surface area contributed by atoms with Crippen molar-refractivity contribution in [2.24, 2.45) is 0 Å². The van der Waals surface area contributed by atoms with Crippen molar-refractivity contribution in [1.82, 2.24) is 0 Å². The van der Waals surface area contributed by atoms with Crippen molar-refractivity contribution in [1.29, 1.82) is 0 Å². The van der Waals surface area contributed by atoms with E-state index in [1.165, 1.54) is 80.9 Å². The van der Waals surface area contributed by atoms with Gasteiger partial charge in [-0.15, -0.1) is 6.58 Å². The van der Waals surface area contributed by atoms with Crippen LogP contribution in [0, 0.1) is 0 Å². The number of allylic oxidation sites excluding steroid dienone is 1. The summed E-state index contributed by atoms with van der Waals surface area (Å²) >= 11 is 0. The molecule has 0 amide bonds. The highest BCUT2D eigenvalue weighted by atomic mass is 16.3. The van der Waals surface area contributed by atoms with Gasteiger partial charge in [0.05, 0.1) is 0 Å². The summed E-state index contributed by atoms with van der Waals surface area (Å²) in [4.78, 5) is 0. The topological polar surface area (TPSA) is 20.2 Å². The van der Waals surface area contributed by atoms with E-state index in [1.54, 1.807) is 0 Å². The van der Waals surface area contributed by atoms with Gasteiger partial charge in [-0.3, -0.25) is 0 Å². The first-order valence-electron chi connectivity index (χ1n) is 9.26. The largest absolute Gasteiger partial charge is 0.508 e.